The Morgan fingerprint density at radius 2 is 1.81 bits per heavy atom. The first kappa shape index (κ1) is 20.1. The summed E-state index contributed by atoms with van der Waals surface area (Å²) in [5.74, 6) is -1.05. The van der Waals surface area contributed by atoms with Gasteiger partial charge in [0.15, 0.2) is 6.61 Å². The van der Waals surface area contributed by atoms with Gasteiger partial charge in [-0.25, -0.2) is 4.79 Å². The average Bonchev–Trinajstić information content (AvgIpc) is 2.61. The Labute approximate surface area is 162 Å². The fourth-order valence-electron chi connectivity index (χ4n) is 2.38. The number of nitrogens with zero attached hydrogens (tertiary/aromatic N) is 1. The summed E-state index contributed by atoms with van der Waals surface area (Å²) in [5.41, 5.74) is 6.88. The molecule has 138 valence electrons. The predicted octanol–water partition coefficient (Wildman–Crippen LogP) is 4.17. The van der Waals surface area contributed by atoms with E-state index < -0.39 is 12.6 Å². The van der Waals surface area contributed by atoms with Gasteiger partial charge in [-0.3, -0.25) is 4.79 Å². The molecule has 0 unspecified atom stereocenters. The second-order valence-corrected chi connectivity index (χ2v) is 6.87. The molecule has 2 N–H and O–H groups in total. The van der Waals surface area contributed by atoms with Crippen LogP contribution >= 0.6 is 23.2 Å². The van der Waals surface area contributed by atoms with Crippen LogP contribution in [0.1, 0.15) is 29.8 Å². The molecule has 0 heterocycles. The lowest BCUT2D eigenvalue weighted by Gasteiger charge is -2.26. The first-order chi connectivity index (χ1) is 12.3. The summed E-state index contributed by atoms with van der Waals surface area (Å²) in [7, 11) is 0. The summed E-state index contributed by atoms with van der Waals surface area (Å²) in [4.78, 5) is 26.4. The zero-order valence-corrected chi connectivity index (χ0v) is 16.1. The lowest BCUT2D eigenvalue weighted by molar-refractivity contribution is -0.136. The number of halogens is 2. The number of hydrogen-bond acceptors (Lipinski definition) is 4. The maximum atomic E-state index is 12.5. The highest BCUT2D eigenvalue weighted by Gasteiger charge is 2.21. The third kappa shape index (κ3) is 5.13. The van der Waals surface area contributed by atoms with Gasteiger partial charge in [0, 0.05) is 17.6 Å². The highest BCUT2D eigenvalue weighted by atomic mass is 35.5. The molecule has 0 bridgehead atoms. The smallest absolute Gasteiger partial charge is 0.340 e. The van der Waals surface area contributed by atoms with Gasteiger partial charge in [-0.15, -0.1) is 0 Å². The van der Waals surface area contributed by atoms with E-state index in [1.165, 1.54) is 12.1 Å². The van der Waals surface area contributed by atoms with Gasteiger partial charge < -0.3 is 15.4 Å². The Bertz CT molecular complexity index is 795. The number of carbonyl (C=O) groups excluding carboxylic acids is 2. The van der Waals surface area contributed by atoms with Crippen LogP contribution in [0.2, 0.25) is 10.0 Å². The molecule has 5 nitrogen and oxygen atoms in total. The van der Waals surface area contributed by atoms with Crippen LogP contribution in [0.4, 0.5) is 5.69 Å². The summed E-state index contributed by atoms with van der Waals surface area (Å²) in [6.45, 7) is 3.84. The van der Waals surface area contributed by atoms with Crippen molar-refractivity contribution in [1.29, 1.82) is 0 Å². The van der Waals surface area contributed by atoms with Crippen molar-refractivity contribution in [3.8, 4) is 0 Å². The minimum Gasteiger partial charge on any atom is -0.452 e. The molecule has 0 aliphatic rings. The number of anilines is 1. The summed E-state index contributed by atoms with van der Waals surface area (Å²) in [6.07, 6.45) is 0. The van der Waals surface area contributed by atoms with Crippen LogP contribution in [0.5, 0.6) is 0 Å². The van der Waals surface area contributed by atoms with Gasteiger partial charge in [0.25, 0.3) is 5.91 Å². The van der Waals surface area contributed by atoms with Crippen LogP contribution in [0.25, 0.3) is 0 Å². The van der Waals surface area contributed by atoms with Crippen molar-refractivity contribution in [2.75, 3.05) is 12.3 Å². The summed E-state index contributed by atoms with van der Waals surface area (Å²) in [6, 6.07) is 12.3. The van der Waals surface area contributed by atoms with Crippen molar-refractivity contribution in [3.05, 3.63) is 63.6 Å². The molecule has 0 spiro atoms. The normalized spacial score (nSPS) is 10.7. The SMILES string of the molecule is CC(C)N(Cc1ccccc1)C(=O)COC(=O)c1cc(Cl)cc(Cl)c1N. The molecular formula is C19H20Cl2N2O3. The highest BCUT2D eigenvalue weighted by Crippen LogP contribution is 2.28. The van der Waals surface area contributed by atoms with Crippen LogP contribution < -0.4 is 5.73 Å². The van der Waals surface area contributed by atoms with Crippen molar-refractivity contribution in [2.45, 2.75) is 26.4 Å². The number of hydrogen-bond donors (Lipinski definition) is 1. The molecule has 0 radical (unpaired) electrons. The molecule has 2 aromatic rings. The molecule has 0 saturated heterocycles. The fraction of sp³-hybridized carbons (Fsp3) is 0.263. The van der Waals surface area contributed by atoms with Gasteiger partial charge in [0.1, 0.15) is 0 Å². The van der Waals surface area contributed by atoms with Crippen molar-refractivity contribution in [1.82, 2.24) is 4.90 Å². The monoisotopic (exact) mass is 394 g/mol. The minimum absolute atomic E-state index is 0.0365. The highest BCUT2D eigenvalue weighted by molar-refractivity contribution is 6.37. The molecule has 0 aliphatic heterocycles. The Morgan fingerprint density at radius 3 is 2.42 bits per heavy atom. The van der Waals surface area contributed by atoms with Crippen LogP contribution in [-0.4, -0.2) is 29.4 Å². The number of esters is 1. The molecule has 2 rings (SSSR count). The molecule has 0 atom stereocenters. The van der Waals surface area contributed by atoms with E-state index in [4.69, 9.17) is 33.7 Å². The van der Waals surface area contributed by atoms with E-state index in [9.17, 15) is 9.59 Å². The van der Waals surface area contributed by atoms with Gasteiger partial charge in [0.2, 0.25) is 0 Å². The average molecular weight is 395 g/mol. The number of benzene rings is 2. The zero-order valence-electron chi connectivity index (χ0n) is 14.5. The molecule has 0 aliphatic carbocycles. The van der Waals surface area contributed by atoms with Crippen molar-refractivity contribution in [3.63, 3.8) is 0 Å². The topological polar surface area (TPSA) is 72.6 Å². The summed E-state index contributed by atoms with van der Waals surface area (Å²) >= 11 is 11.8. The van der Waals surface area contributed by atoms with E-state index in [-0.39, 0.29) is 33.2 Å². The lowest BCUT2D eigenvalue weighted by atomic mass is 10.2. The maximum Gasteiger partial charge on any atom is 0.340 e. The maximum absolute atomic E-state index is 12.5. The summed E-state index contributed by atoms with van der Waals surface area (Å²) < 4.78 is 5.12. The van der Waals surface area contributed by atoms with E-state index in [1.54, 1.807) is 4.90 Å². The second kappa shape index (κ2) is 8.92. The molecule has 26 heavy (non-hydrogen) atoms. The van der Waals surface area contributed by atoms with Gasteiger partial charge in [-0.1, -0.05) is 53.5 Å². The van der Waals surface area contributed by atoms with Crippen LogP contribution in [0, 0.1) is 0 Å². The Morgan fingerprint density at radius 1 is 1.15 bits per heavy atom. The van der Waals surface area contributed by atoms with Gasteiger partial charge >= 0.3 is 5.97 Å². The van der Waals surface area contributed by atoms with Gasteiger partial charge in [0.05, 0.1) is 16.3 Å². The molecule has 7 heteroatoms. The third-order valence-electron chi connectivity index (χ3n) is 3.78. The minimum atomic E-state index is -0.747. The first-order valence-electron chi connectivity index (χ1n) is 8.04. The molecule has 0 fully saturated rings. The molecule has 0 aromatic heterocycles. The molecular weight excluding hydrogens is 375 g/mol. The summed E-state index contributed by atoms with van der Waals surface area (Å²) in [5, 5.41) is 0.416. The standard InChI is InChI=1S/C19H20Cl2N2O3/c1-12(2)23(10-13-6-4-3-5-7-13)17(24)11-26-19(25)15-8-14(20)9-16(21)18(15)22/h3-9,12H,10-11,22H2,1-2H3. The Kier molecular flexibility index (Phi) is 6.89. The van der Waals surface area contributed by atoms with E-state index in [1.807, 2.05) is 44.2 Å². The number of nitrogens with two attached hydrogens (primary N) is 1. The lowest BCUT2D eigenvalue weighted by Crippen LogP contribution is -2.39. The number of ether oxygens (including phenoxy) is 1. The van der Waals surface area contributed by atoms with E-state index in [0.29, 0.717) is 6.54 Å². The van der Waals surface area contributed by atoms with Gasteiger partial charge in [-0.2, -0.15) is 0 Å². The van der Waals surface area contributed by atoms with E-state index in [2.05, 4.69) is 0 Å². The zero-order chi connectivity index (χ0) is 19.3. The number of carbonyl (C=O) groups is 2. The quantitative estimate of drug-likeness (QED) is 0.589. The number of amides is 1. The predicted molar refractivity (Wildman–Crippen MR) is 103 cm³/mol. The van der Waals surface area contributed by atoms with Crippen LogP contribution in [0.15, 0.2) is 42.5 Å². The number of rotatable bonds is 6. The Hall–Kier alpha value is -2.24. The van der Waals surface area contributed by atoms with Crippen LogP contribution in [0.3, 0.4) is 0 Å². The third-order valence-corrected chi connectivity index (χ3v) is 4.31. The number of nitrogen functional groups attached to an aromatic ring is 1. The van der Waals surface area contributed by atoms with Crippen LogP contribution in [-0.2, 0) is 16.1 Å². The Balaban J connectivity index is 2.05. The first-order valence-corrected chi connectivity index (χ1v) is 8.80. The molecule has 2 aromatic carbocycles. The van der Waals surface area contributed by atoms with E-state index >= 15 is 0 Å². The van der Waals surface area contributed by atoms with E-state index in [0.717, 1.165) is 5.56 Å². The van der Waals surface area contributed by atoms with Crippen molar-refractivity contribution in [2.24, 2.45) is 0 Å². The molecule has 0 saturated carbocycles. The molecule has 1 amide bonds. The second-order valence-electron chi connectivity index (χ2n) is 6.03. The van der Waals surface area contributed by atoms with Crippen molar-refractivity contribution >= 4 is 40.8 Å². The largest absolute Gasteiger partial charge is 0.452 e. The fourth-order valence-corrected chi connectivity index (χ4v) is 2.87. The van der Waals surface area contributed by atoms with Gasteiger partial charge in [-0.05, 0) is 31.5 Å². The van der Waals surface area contributed by atoms with Crippen molar-refractivity contribution < 1.29 is 14.3 Å².